The van der Waals surface area contributed by atoms with Crippen molar-refractivity contribution in [1.82, 2.24) is 10.3 Å². The lowest BCUT2D eigenvalue weighted by Crippen LogP contribution is -2.27. The lowest BCUT2D eigenvalue weighted by Gasteiger charge is -2.13. The van der Waals surface area contributed by atoms with Crippen molar-refractivity contribution in [3.8, 4) is 0 Å². The molecule has 0 atom stereocenters. The zero-order valence-corrected chi connectivity index (χ0v) is 14.1. The molecular formula is C18H24N4O. The smallest absolute Gasteiger partial charge is 0.269 e. The first-order valence-corrected chi connectivity index (χ1v) is 7.74. The molecule has 2 N–H and O–H groups in total. The third-order valence-electron chi connectivity index (χ3n) is 3.34. The van der Waals surface area contributed by atoms with Crippen LogP contribution in [0.5, 0.6) is 0 Å². The number of hydrogen-bond acceptors (Lipinski definition) is 4. The van der Waals surface area contributed by atoms with Crippen LogP contribution in [-0.4, -0.2) is 31.5 Å². The second-order valence-electron chi connectivity index (χ2n) is 6.10. The summed E-state index contributed by atoms with van der Waals surface area (Å²) < 4.78 is 0. The molecule has 122 valence electrons. The summed E-state index contributed by atoms with van der Waals surface area (Å²) in [7, 11) is 4.02. The number of aromatic nitrogens is 1. The highest BCUT2D eigenvalue weighted by Gasteiger charge is 2.07. The van der Waals surface area contributed by atoms with Gasteiger partial charge in [0.05, 0.1) is 11.9 Å². The van der Waals surface area contributed by atoms with Gasteiger partial charge in [-0.05, 0) is 42.3 Å². The van der Waals surface area contributed by atoms with Crippen molar-refractivity contribution in [2.24, 2.45) is 5.92 Å². The Labute approximate surface area is 137 Å². The average molecular weight is 312 g/mol. The summed E-state index contributed by atoms with van der Waals surface area (Å²) >= 11 is 0. The van der Waals surface area contributed by atoms with Crippen molar-refractivity contribution in [3.63, 3.8) is 0 Å². The van der Waals surface area contributed by atoms with Crippen LogP contribution < -0.4 is 15.5 Å². The SMILES string of the molecule is CC(C)CNC(=O)c1ccc(Nc2ccc(N(C)C)cc2)cn1. The van der Waals surface area contributed by atoms with Crippen LogP contribution in [0.25, 0.3) is 0 Å². The second-order valence-corrected chi connectivity index (χ2v) is 6.10. The normalized spacial score (nSPS) is 10.5. The number of carbonyl (C=O) groups is 1. The van der Waals surface area contributed by atoms with Crippen molar-refractivity contribution >= 4 is 23.0 Å². The second kappa shape index (κ2) is 7.63. The van der Waals surface area contributed by atoms with Crippen molar-refractivity contribution in [2.45, 2.75) is 13.8 Å². The van der Waals surface area contributed by atoms with Gasteiger partial charge in [0.25, 0.3) is 5.91 Å². The van der Waals surface area contributed by atoms with E-state index in [4.69, 9.17) is 0 Å². The topological polar surface area (TPSA) is 57.3 Å². The number of pyridine rings is 1. The fraction of sp³-hybridized carbons (Fsp3) is 0.333. The third-order valence-corrected chi connectivity index (χ3v) is 3.34. The van der Waals surface area contributed by atoms with Gasteiger partial charge in [-0.1, -0.05) is 13.8 Å². The summed E-state index contributed by atoms with van der Waals surface area (Å²) in [6, 6.07) is 11.7. The van der Waals surface area contributed by atoms with Crippen molar-refractivity contribution in [2.75, 3.05) is 30.9 Å². The minimum absolute atomic E-state index is 0.138. The van der Waals surface area contributed by atoms with E-state index in [2.05, 4.69) is 34.4 Å². The Hall–Kier alpha value is -2.56. The molecule has 5 heteroatoms. The van der Waals surface area contributed by atoms with Crippen LogP contribution in [0.3, 0.4) is 0 Å². The Morgan fingerprint density at radius 2 is 1.74 bits per heavy atom. The van der Waals surface area contributed by atoms with E-state index in [9.17, 15) is 4.79 Å². The van der Waals surface area contributed by atoms with Crippen LogP contribution in [-0.2, 0) is 0 Å². The van der Waals surface area contributed by atoms with Gasteiger partial charge in [-0.3, -0.25) is 4.79 Å². The molecule has 1 heterocycles. The fourth-order valence-corrected chi connectivity index (χ4v) is 2.00. The van der Waals surface area contributed by atoms with E-state index >= 15 is 0 Å². The average Bonchev–Trinajstić information content (AvgIpc) is 2.54. The predicted octanol–water partition coefficient (Wildman–Crippen LogP) is 3.28. The molecule has 0 radical (unpaired) electrons. The van der Waals surface area contributed by atoms with E-state index in [1.165, 1.54) is 0 Å². The summed E-state index contributed by atoms with van der Waals surface area (Å²) in [4.78, 5) is 18.2. The van der Waals surface area contributed by atoms with E-state index in [0.29, 0.717) is 18.2 Å². The van der Waals surface area contributed by atoms with Gasteiger partial charge in [-0.2, -0.15) is 0 Å². The van der Waals surface area contributed by atoms with Crippen LogP contribution in [0, 0.1) is 5.92 Å². The maximum atomic E-state index is 11.9. The molecule has 0 saturated carbocycles. The summed E-state index contributed by atoms with van der Waals surface area (Å²) in [6.07, 6.45) is 1.67. The lowest BCUT2D eigenvalue weighted by molar-refractivity contribution is 0.0944. The number of anilines is 3. The Bertz CT molecular complexity index is 633. The number of hydrogen-bond donors (Lipinski definition) is 2. The van der Waals surface area contributed by atoms with Gasteiger partial charge < -0.3 is 15.5 Å². The van der Waals surface area contributed by atoms with Crippen LogP contribution in [0.1, 0.15) is 24.3 Å². The first-order valence-electron chi connectivity index (χ1n) is 7.74. The van der Waals surface area contributed by atoms with Gasteiger partial charge >= 0.3 is 0 Å². The van der Waals surface area contributed by atoms with E-state index in [0.717, 1.165) is 17.1 Å². The van der Waals surface area contributed by atoms with Crippen LogP contribution >= 0.6 is 0 Å². The minimum Gasteiger partial charge on any atom is -0.378 e. The summed E-state index contributed by atoms with van der Waals surface area (Å²) in [6.45, 7) is 4.77. The molecule has 1 aromatic heterocycles. The first-order chi connectivity index (χ1) is 11.0. The molecule has 0 bridgehead atoms. The molecule has 2 rings (SSSR count). The Balaban J connectivity index is 1.98. The summed E-state index contributed by atoms with van der Waals surface area (Å²) in [5, 5.41) is 6.13. The maximum Gasteiger partial charge on any atom is 0.269 e. The largest absolute Gasteiger partial charge is 0.378 e. The molecule has 0 spiro atoms. The fourth-order valence-electron chi connectivity index (χ4n) is 2.00. The van der Waals surface area contributed by atoms with E-state index < -0.39 is 0 Å². The van der Waals surface area contributed by atoms with E-state index in [1.807, 2.05) is 44.4 Å². The molecule has 2 aromatic rings. The number of benzene rings is 1. The van der Waals surface area contributed by atoms with E-state index in [-0.39, 0.29) is 5.91 Å². The predicted molar refractivity (Wildman–Crippen MR) is 95.5 cm³/mol. The number of amides is 1. The zero-order valence-electron chi connectivity index (χ0n) is 14.1. The van der Waals surface area contributed by atoms with Gasteiger partial charge in [0.1, 0.15) is 5.69 Å². The highest BCUT2D eigenvalue weighted by molar-refractivity contribution is 5.92. The number of nitrogens with zero attached hydrogens (tertiary/aromatic N) is 2. The molecule has 0 aliphatic rings. The zero-order chi connectivity index (χ0) is 16.8. The number of nitrogens with one attached hydrogen (secondary N) is 2. The van der Waals surface area contributed by atoms with Crippen LogP contribution in [0.15, 0.2) is 42.6 Å². The maximum absolute atomic E-state index is 11.9. The molecule has 1 aromatic carbocycles. The standard InChI is InChI=1S/C18H24N4O/c1-13(2)11-20-18(23)17-10-7-15(12-19-17)21-14-5-8-16(9-6-14)22(3)4/h5-10,12-13,21H,11H2,1-4H3,(H,20,23). The molecular weight excluding hydrogens is 288 g/mol. The van der Waals surface area contributed by atoms with Crippen LogP contribution in [0.2, 0.25) is 0 Å². The lowest BCUT2D eigenvalue weighted by atomic mass is 10.2. The Kier molecular flexibility index (Phi) is 5.57. The third kappa shape index (κ3) is 4.98. The Morgan fingerprint density at radius 1 is 1.09 bits per heavy atom. The summed E-state index contributed by atoms with van der Waals surface area (Å²) in [5.74, 6) is 0.283. The molecule has 0 saturated heterocycles. The molecule has 1 amide bonds. The van der Waals surface area contributed by atoms with Gasteiger partial charge in [-0.25, -0.2) is 4.98 Å². The summed E-state index contributed by atoms with van der Waals surface area (Å²) in [5.41, 5.74) is 3.41. The minimum atomic E-state index is -0.138. The monoisotopic (exact) mass is 312 g/mol. The van der Waals surface area contributed by atoms with Gasteiger partial charge in [0.15, 0.2) is 0 Å². The van der Waals surface area contributed by atoms with E-state index in [1.54, 1.807) is 12.3 Å². The first kappa shape index (κ1) is 16.8. The van der Waals surface area contributed by atoms with Gasteiger partial charge in [0, 0.05) is 32.0 Å². The molecule has 0 fully saturated rings. The van der Waals surface area contributed by atoms with Gasteiger partial charge in [0.2, 0.25) is 0 Å². The molecule has 23 heavy (non-hydrogen) atoms. The quantitative estimate of drug-likeness (QED) is 0.859. The highest BCUT2D eigenvalue weighted by atomic mass is 16.1. The Morgan fingerprint density at radius 3 is 2.26 bits per heavy atom. The number of carbonyl (C=O) groups excluding carboxylic acids is 1. The van der Waals surface area contributed by atoms with Crippen LogP contribution in [0.4, 0.5) is 17.1 Å². The number of rotatable bonds is 6. The van der Waals surface area contributed by atoms with Crippen molar-refractivity contribution in [1.29, 1.82) is 0 Å². The molecule has 0 unspecified atom stereocenters. The van der Waals surface area contributed by atoms with Gasteiger partial charge in [-0.15, -0.1) is 0 Å². The van der Waals surface area contributed by atoms with Crippen molar-refractivity contribution in [3.05, 3.63) is 48.3 Å². The highest BCUT2D eigenvalue weighted by Crippen LogP contribution is 2.19. The molecule has 0 aliphatic carbocycles. The van der Waals surface area contributed by atoms with Crippen molar-refractivity contribution < 1.29 is 4.79 Å². The molecule has 5 nitrogen and oxygen atoms in total. The molecule has 0 aliphatic heterocycles.